The van der Waals surface area contributed by atoms with Crippen LogP contribution in [0.4, 0.5) is 0 Å². The summed E-state index contributed by atoms with van der Waals surface area (Å²) in [5.41, 5.74) is 0. The van der Waals surface area contributed by atoms with Gasteiger partial charge in [0.2, 0.25) is 5.91 Å². The van der Waals surface area contributed by atoms with Gasteiger partial charge in [0.25, 0.3) is 0 Å². The van der Waals surface area contributed by atoms with Crippen molar-refractivity contribution in [2.45, 2.75) is 244 Å². The lowest BCUT2D eigenvalue weighted by Crippen LogP contribution is -2.46. The van der Waals surface area contributed by atoms with E-state index in [1.807, 2.05) is 12.2 Å². The van der Waals surface area contributed by atoms with Crippen molar-refractivity contribution in [1.82, 2.24) is 5.32 Å². The quantitative estimate of drug-likeness (QED) is 0.0246. The number of hydrogen-bond donors (Lipinski definition) is 3. The zero-order chi connectivity index (χ0) is 43.1. The van der Waals surface area contributed by atoms with Crippen molar-refractivity contribution in [2.75, 3.05) is 6.61 Å². The Morgan fingerprint density at radius 2 is 0.983 bits per heavy atom. The molecule has 0 saturated carbocycles. The highest BCUT2D eigenvalue weighted by Gasteiger charge is 2.24. The van der Waals surface area contributed by atoms with Crippen molar-refractivity contribution in [1.29, 1.82) is 0 Å². The molecule has 0 aliphatic heterocycles. The fourth-order valence-electron chi connectivity index (χ4n) is 7.08. The fourth-order valence-corrected chi connectivity index (χ4v) is 7.08. The summed E-state index contributed by atoms with van der Waals surface area (Å²) < 4.78 is 5.89. The number of ether oxygens (including phenoxy) is 1. The molecule has 59 heavy (non-hydrogen) atoms. The van der Waals surface area contributed by atoms with Crippen LogP contribution in [-0.4, -0.2) is 46.9 Å². The smallest absolute Gasteiger partial charge is 0.306 e. The van der Waals surface area contributed by atoms with Crippen molar-refractivity contribution in [2.24, 2.45) is 0 Å². The summed E-state index contributed by atoms with van der Waals surface area (Å²) in [7, 11) is 0. The van der Waals surface area contributed by atoms with Gasteiger partial charge >= 0.3 is 5.97 Å². The highest BCUT2D eigenvalue weighted by molar-refractivity contribution is 5.77. The summed E-state index contributed by atoms with van der Waals surface area (Å²) in [4.78, 5) is 26.1. The maximum absolute atomic E-state index is 13.2. The topological polar surface area (TPSA) is 95.9 Å². The van der Waals surface area contributed by atoms with Gasteiger partial charge in [0.15, 0.2) is 0 Å². The molecule has 0 aromatic rings. The van der Waals surface area contributed by atoms with E-state index < -0.39 is 18.2 Å². The minimum absolute atomic E-state index is 0.0425. The molecule has 340 valence electrons. The third-order valence-electron chi connectivity index (χ3n) is 10.8. The van der Waals surface area contributed by atoms with Gasteiger partial charge in [-0.25, -0.2) is 0 Å². The largest absolute Gasteiger partial charge is 0.462 e. The van der Waals surface area contributed by atoms with Gasteiger partial charge in [-0.3, -0.25) is 9.59 Å². The standard InChI is InChI=1S/C53H93NO5/c1-4-7-10-13-16-19-22-24-25-26-27-28-31-34-37-40-43-46-53(58)59-49(44-41-38-35-32-29-21-18-15-12-9-6-3)47-52(57)54-50(48-55)51(56)45-42-39-36-33-30-23-20-17-14-11-8-5-2/h9,12,15-16,18-19,21,24-25,27-29,49-51,55-56H,4-8,10-11,13-14,17,20,22-23,26,30-48H2,1-3H3,(H,54,57)/b12-9+,18-15+,19-16-,25-24-,28-27-,29-21-. The maximum atomic E-state index is 13.2. The van der Waals surface area contributed by atoms with E-state index in [0.717, 1.165) is 96.3 Å². The number of esters is 1. The second-order valence-corrected chi connectivity index (χ2v) is 16.5. The maximum Gasteiger partial charge on any atom is 0.306 e. The molecule has 0 rings (SSSR count). The molecule has 0 radical (unpaired) electrons. The summed E-state index contributed by atoms with van der Waals surface area (Å²) in [6.07, 6.45) is 58.2. The number of aliphatic hydroxyl groups is 2. The Morgan fingerprint density at radius 1 is 0.525 bits per heavy atom. The predicted molar refractivity (Wildman–Crippen MR) is 255 cm³/mol. The van der Waals surface area contributed by atoms with Crippen LogP contribution in [0.3, 0.4) is 0 Å². The van der Waals surface area contributed by atoms with Gasteiger partial charge in [0.1, 0.15) is 6.10 Å². The summed E-state index contributed by atoms with van der Waals surface area (Å²) >= 11 is 0. The first-order valence-electron chi connectivity index (χ1n) is 24.7. The molecule has 0 aliphatic rings. The average Bonchev–Trinajstić information content (AvgIpc) is 3.23. The van der Waals surface area contributed by atoms with Crippen molar-refractivity contribution in [3.8, 4) is 0 Å². The van der Waals surface area contributed by atoms with Crippen LogP contribution >= 0.6 is 0 Å². The number of unbranched alkanes of at least 4 members (excludes halogenated alkanes) is 21. The van der Waals surface area contributed by atoms with Crippen LogP contribution in [0.1, 0.15) is 226 Å². The Balaban J connectivity index is 4.63. The lowest BCUT2D eigenvalue weighted by atomic mass is 10.0. The monoisotopic (exact) mass is 824 g/mol. The molecule has 0 aromatic carbocycles. The van der Waals surface area contributed by atoms with E-state index in [0.29, 0.717) is 19.3 Å². The van der Waals surface area contributed by atoms with Crippen molar-refractivity contribution in [3.05, 3.63) is 72.9 Å². The number of aliphatic hydroxyl groups excluding tert-OH is 2. The van der Waals surface area contributed by atoms with Crippen LogP contribution in [0.2, 0.25) is 0 Å². The highest BCUT2D eigenvalue weighted by Crippen LogP contribution is 2.17. The van der Waals surface area contributed by atoms with Gasteiger partial charge < -0.3 is 20.3 Å². The van der Waals surface area contributed by atoms with Crippen molar-refractivity contribution < 1.29 is 24.5 Å². The third kappa shape index (κ3) is 41.8. The summed E-state index contributed by atoms with van der Waals surface area (Å²) in [6, 6.07) is -0.719. The van der Waals surface area contributed by atoms with E-state index in [9.17, 15) is 19.8 Å². The van der Waals surface area contributed by atoms with Crippen LogP contribution in [0.5, 0.6) is 0 Å². The fraction of sp³-hybridized carbons (Fsp3) is 0.736. The molecule has 0 aliphatic carbocycles. The zero-order valence-electron chi connectivity index (χ0n) is 38.6. The van der Waals surface area contributed by atoms with E-state index in [1.165, 1.54) is 83.5 Å². The number of amides is 1. The lowest BCUT2D eigenvalue weighted by Gasteiger charge is -2.24. The minimum atomic E-state index is -0.802. The van der Waals surface area contributed by atoms with E-state index >= 15 is 0 Å². The van der Waals surface area contributed by atoms with Crippen LogP contribution in [0, 0.1) is 0 Å². The van der Waals surface area contributed by atoms with Crippen LogP contribution in [0.25, 0.3) is 0 Å². The van der Waals surface area contributed by atoms with Gasteiger partial charge in [-0.2, -0.15) is 0 Å². The molecule has 0 saturated heterocycles. The Bertz CT molecular complexity index is 1110. The van der Waals surface area contributed by atoms with Crippen LogP contribution < -0.4 is 5.32 Å². The number of carbonyl (C=O) groups is 2. The second-order valence-electron chi connectivity index (χ2n) is 16.5. The second kappa shape index (κ2) is 46.4. The Kier molecular flexibility index (Phi) is 44.2. The predicted octanol–water partition coefficient (Wildman–Crippen LogP) is 14.6. The average molecular weight is 824 g/mol. The molecule has 0 bridgehead atoms. The SMILES string of the molecule is CC/C=C/C=C/C=C\CCCCCC(CC(=O)NC(CO)C(O)CCCCCCCCCCCCCC)OC(=O)CCCCCC/C=C\C/C=C\C/C=C\CCCCC. The minimum Gasteiger partial charge on any atom is -0.462 e. The Labute approximate surface area is 364 Å². The van der Waals surface area contributed by atoms with E-state index in [4.69, 9.17) is 4.74 Å². The van der Waals surface area contributed by atoms with Crippen molar-refractivity contribution >= 4 is 11.9 Å². The first-order valence-corrected chi connectivity index (χ1v) is 24.7. The first kappa shape index (κ1) is 56.3. The molecule has 3 atom stereocenters. The number of hydrogen-bond acceptors (Lipinski definition) is 5. The normalized spacial score (nSPS) is 13.9. The van der Waals surface area contributed by atoms with Crippen molar-refractivity contribution in [3.63, 3.8) is 0 Å². The molecular weight excluding hydrogens is 731 g/mol. The molecule has 3 unspecified atom stereocenters. The van der Waals surface area contributed by atoms with Crippen LogP contribution in [-0.2, 0) is 14.3 Å². The molecule has 0 spiro atoms. The molecule has 6 nitrogen and oxygen atoms in total. The van der Waals surface area contributed by atoms with Crippen LogP contribution in [0.15, 0.2) is 72.9 Å². The van der Waals surface area contributed by atoms with E-state index in [2.05, 4.69) is 86.8 Å². The molecule has 0 aromatic heterocycles. The highest BCUT2D eigenvalue weighted by atomic mass is 16.5. The number of nitrogens with one attached hydrogen (secondary N) is 1. The Morgan fingerprint density at radius 3 is 1.58 bits per heavy atom. The van der Waals surface area contributed by atoms with Gasteiger partial charge in [0.05, 0.1) is 25.2 Å². The lowest BCUT2D eigenvalue weighted by molar-refractivity contribution is -0.151. The molecule has 6 heteroatoms. The Hall–Kier alpha value is -2.70. The molecular formula is C53H93NO5. The van der Waals surface area contributed by atoms with Gasteiger partial charge in [-0.15, -0.1) is 0 Å². The third-order valence-corrected chi connectivity index (χ3v) is 10.8. The molecule has 0 heterocycles. The van der Waals surface area contributed by atoms with E-state index in [1.54, 1.807) is 0 Å². The summed E-state index contributed by atoms with van der Waals surface area (Å²) in [5, 5.41) is 23.7. The first-order chi connectivity index (χ1) is 29.0. The molecule has 0 fully saturated rings. The summed E-state index contributed by atoms with van der Waals surface area (Å²) in [5.74, 6) is -0.538. The number of allylic oxidation sites excluding steroid dienone is 12. The van der Waals surface area contributed by atoms with Gasteiger partial charge in [-0.05, 0) is 83.5 Å². The molecule has 1 amide bonds. The number of rotatable bonds is 43. The zero-order valence-corrected chi connectivity index (χ0v) is 38.6. The van der Waals surface area contributed by atoms with Gasteiger partial charge in [-0.1, -0.05) is 203 Å². The summed E-state index contributed by atoms with van der Waals surface area (Å²) in [6.45, 7) is 6.29. The van der Waals surface area contributed by atoms with Gasteiger partial charge in [0, 0.05) is 6.42 Å². The molecule has 3 N–H and O–H groups in total. The van der Waals surface area contributed by atoms with E-state index in [-0.39, 0.29) is 24.9 Å². The number of carbonyl (C=O) groups excluding carboxylic acids is 2.